The molecule has 11 heteroatoms. The first-order chi connectivity index (χ1) is 17.0. The third-order valence-electron chi connectivity index (χ3n) is 6.67. The van der Waals surface area contributed by atoms with E-state index in [-0.39, 0.29) is 25.5 Å². The number of likely N-dealkylation sites (N-methyl/N-ethyl adjacent to an activating group) is 1. The van der Waals surface area contributed by atoms with Crippen molar-refractivity contribution in [2.75, 3.05) is 27.2 Å². The highest BCUT2D eigenvalue weighted by Crippen LogP contribution is 2.42. The second-order valence-corrected chi connectivity index (χ2v) is 9.67. The molecule has 36 heavy (non-hydrogen) atoms. The molecule has 1 atom stereocenters. The lowest BCUT2D eigenvalue weighted by Crippen LogP contribution is -2.55. The van der Waals surface area contributed by atoms with Crippen LogP contribution in [0.3, 0.4) is 0 Å². The van der Waals surface area contributed by atoms with Crippen molar-refractivity contribution in [1.29, 1.82) is 0 Å². The predicted molar refractivity (Wildman–Crippen MR) is 132 cm³/mol. The number of likely N-dealkylation sites (tertiary alicyclic amines) is 1. The first-order valence-electron chi connectivity index (χ1n) is 11.4. The molecule has 3 N–H and O–H groups in total. The Balaban J connectivity index is 1.67. The highest BCUT2D eigenvalue weighted by atomic mass is 35.5. The number of hydrazine groups is 2. The lowest BCUT2D eigenvalue weighted by Gasteiger charge is -2.39. The number of nitrogens with one attached hydrogen (secondary N) is 2. The number of halogens is 3. The van der Waals surface area contributed by atoms with Gasteiger partial charge in [-0.15, -0.1) is 5.53 Å². The van der Waals surface area contributed by atoms with E-state index in [1.807, 2.05) is 26.0 Å². The summed E-state index contributed by atoms with van der Waals surface area (Å²) in [7, 11) is 3.26. The van der Waals surface area contributed by atoms with Crippen LogP contribution in [0.25, 0.3) is 10.9 Å². The van der Waals surface area contributed by atoms with Gasteiger partial charge in [0.15, 0.2) is 5.60 Å². The monoisotopic (exact) mass is 516 g/mol. The Morgan fingerprint density at radius 3 is 2.56 bits per heavy atom. The molecule has 0 aliphatic carbocycles. The molecule has 4 heterocycles. The number of methoxy groups -OCH3 is 1. The Morgan fingerprint density at radius 1 is 1.19 bits per heavy atom. The van der Waals surface area contributed by atoms with Crippen molar-refractivity contribution in [3.05, 3.63) is 75.3 Å². The van der Waals surface area contributed by atoms with Gasteiger partial charge in [0.2, 0.25) is 5.88 Å². The van der Waals surface area contributed by atoms with Gasteiger partial charge < -0.3 is 15.3 Å². The first kappa shape index (κ1) is 24.6. The smallest absolute Gasteiger partial charge is 0.272 e. The highest BCUT2D eigenvalue weighted by molar-refractivity contribution is 6.36. The fourth-order valence-corrected chi connectivity index (χ4v) is 5.22. The number of fused-ring (bicyclic) bond motifs is 1. The zero-order valence-corrected chi connectivity index (χ0v) is 21.1. The number of rotatable bonds is 6. The van der Waals surface area contributed by atoms with Gasteiger partial charge in [0.25, 0.3) is 5.92 Å². The van der Waals surface area contributed by atoms with E-state index in [1.165, 1.54) is 7.11 Å². The van der Waals surface area contributed by atoms with Crippen LogP contribution in [-0.4, -0.2) is 58.2 Å². The highest BCUT2D eigenvalue weighted by Gasteiger charge is 2.44. The number of aryl methyl sites for hydroxylation is 2. The molecular formula is C25H27ClF2N6O2. The molecule has 0 bridgehead atoms. The zero-order valence-electron chi connectivity index (χ0n) is 20.4. The third kappa shape index (κ3) is 4.03. The fraction of sp³-hybridized carbons (Fsp3) is 0.360. The summed E-state index contributed by atoms with van der Waals surface area (Å²) >= 11 is 6.85. The molecular weight excluding hydrogens is 490 g/mol. The lowest BCUT2D eigenvalue weighted by atomic mass is 9.82. The standard InChI is InChI=1S/C25H27ClF2N6O2/c1-14-5-7-19(15(2)30-14)25(35,21-10-29-32-33(21)3)16-6-8-20-17(9-16)22(26)18(23(31-20)36-4)11-34-12-24(27,28)13-34/h5-10,29,32,35H,11-13H2,1-4H3. The van der Waals surface area contributed by atoms with E-state index >= 15 is 0 Å². The van der Waals surface area contributed by atoms with Crippen molar-refractivity contribution in [3.8, 4) is 5.88 Å². The van der Waals surface area contributed by atoms with Gasteiger partial charge in [0.05, 0.1) is 36.4 Å². The molecule has 0 saturated carbocycles. The maximum absolute atomic E-state index is 13.4. The molecule has 1 saturated heterocycles. The largest absolute Gasteiger partial charge is 0.481 e. The molecule has 0 amide bonds. The molecule has 0 spiro atoms. The number of hydrogen-bond acceptors (Lipinski definition) is 8. The molecule has 3 aromatic rings. The van der Waals surface area contributed by atoms with Crippen molar-refractivity contribution >= 4 is 22.5 Å². The van der Waals surface area contributed by atoms with Crippen molar-refractivity contribution in [3.63, 3.8) is 0 Å². The summed E-state index contributed by atoms with van der Waals surface area (Å²) in [5.41, 5.74) is 8.58. The SMILES string of the molecule is COc1nc2ccc(C(O)(C3=CNNN3C)c3ccc(C)nc3C)cc2c(Cl)c1CN1CC(F)(F)C1. The minimum absolute atomic E-state index is 0.178. The molecule has 8 nitrogen and oxygen atoms in total. The van der Waals surface area contributed by atoms with Crippen LogP contribution < -0.4 is 15.7 Å². The number of hydrogen-bond donors (Lipinski definition) is 3. The van der Waals surface area contributed by atoms with E-state index in [1.54, 1.807) is 41.4 Å². The topological polar surface area (TPSA) is 85.8 Å². The van der Waals surface area contributed by atoms with E-state index in [0.29, 0.717) is 44.0 Å². The first-order valence-corrected chi connectivity index (χ1v) is 11.8. The number of alkyl halides is 2. The second-order valence-electron chi connectivity index (χ2n) is 9.29. The normalized spacial score (nSPS) is 19.0. The van der Waals surface area contributed by atoms with Crippen LogP contribution in [0.15, 0.2) is 42.2 Å². The summed E-state index contributed by atoms with van der Waals surface area (Å²) in [6.45, 7) is 3.24. The molecule has 190 valence electrons. The van der Waals surface area contributed by atoms with Crippen molar-refractivity contribution < 1.29 is 18.6 Å². The molecule has 5 rings (SSSR count). The van der Waals surface area contributed by atoms with Crippen LogP contribution in [0.4, 0.5) is 8.78 Å². The van der Waals surface area contributed by atoms with Crippen molar-refractivity contribution in [1.82, 2.24) is 30.8 Å². The van der Waals surface area contributed by atoms with Gasteiger partial charge in [-0.3, -0.25) is 14.9 Å². The third-order valence-corrected chi connectivity index (χ3v) is 7.10. The van der Waals surface area contributed by atoms with Gasteiger partial charge in [0, 0.05) is 47.7 Å². The van der Waals surface area contributed by atoms with Crippen LogP contribution >= 0.6 is 11.6 Å². The Labute approximate surface area is 212 Å². The average Bonchev–Trinajstić information content (AvgIpc) is 3.25. The van der Waals surface area contributed by atoms with Crippen LogP contribution in [-0.2, 0) is 12.1 Å². The maximum atomic E-state index is 13.4. The molecule has 1 unspecified atom stereocenters. The zero-order chi connectivity index (χ0) is 25.8. The van der Waals surface area contributed by atoms with E-state index in [4.69, 9.17) is 16.3 Å². The van der Waals surface area contributed by atoms with E-state index in [9.17, 15) is 13.9 Å². The van der Waals surface area contributed by atoms with Crippen molar-refractivity contribution in [2.45, 2.75) is 31.9 Å². The minimum atomic E-state index is -2.70. The summed E-state index contributed by atoms with van der Waals surface area (Å²) in [5, 5.41) is 15.0. The van der Waals surface area contributed by atoms with Crippen molar-refractivity contribution in [2.24, 2.45) is 0 Å². The van der Waals surface area contributed by atoms with Crippen LogP contribution in [0, 0.1) is 13.8 Å². The summed E-state index contributed by atoms with van der Waals surface area (Å²) in [5.74, 6) is -2.41. The summed E-state index contributed by atoms with van der Waals surface area (Å²) < 4.78 is 32.3. The van der Waals surface area contributed by atoms with E-state index < -0.39 is 11.5 Å². The quantitative estimate of drug-likeness (QED) is 0.460. The Kier molecular flexibility index (Phi) is 6.03. The van der Waals surface area contributed by atoms with Gasteiger partial charge in [-0.1, -0.05) is 23.7 Å². The molecule has 2 aliphatic rings. The van der Waals surface area contributed by atoms with Gasteiger partial charge in [-0.2, -0.15) is 0 Å². The fourth-order valence-electron chi connectivity index (χ4n) is 4.93. The number of aromatic nitrogens is 2. The summed E-state index contributed by atoms with van der Waals surface area (Å²) in [6, 6.07) is 9.04. The Bertz CT molecular complexity index is 1380. The van der Waals surface area contributed by atoms with Crippen LogP contribution in [0.5, 0.6) is 5.88 Å². The average molecular weight is 517 g/mol. The maximum Gasteiger partial charge on any atom is 0.272 e. The van der Waals surface area contributed by atoms with Gasteiger partial charge in [-0.25, -0.2) is 13.8 Å². The number of nitrogens with zero attached hydrogens (tertiary/aromatic N) is 4. The minimum Gasteiger partial charge on any atom is -0.481 e. The molecule has 1 fully saturated rings. The van der Waals surface area contributed by atoms with E-state index in [2.05, 4.69) is 20.9 Å². The Hall–Kier alpha value is -3.05. The molecule has 2 aliphatic heterocycles. The number of aliphatic hydroxyl groups is 1. The Morgan fingerprint density at radius 2 is 1.94 bits per heavy atom. The molecule has 1 aromatic carbocycles. The summed E-state index contributed by atoms with van der Waals surface area (Å²) in [4.78, 5) is 10.7. The van der Waals surface area contributed by atoms with Gasteiger partial charge in [-0.05, 0) is 37.6 Å². The summed E-state index contributed by atoms with van der Waals surface area (Å²) in [6.07, 6.45) is 1.69. The predicted octanol–water partition coefficient (Wildman–Crippen LogP) is 3.39. The molecule has 0 radical (unpaired) electrons. The lowest BCUT2D eigenvalue weighted by molar-refractivity contribution is -0.134. The number of benzene rings is 1. The van der Waals surface area contributed by atoms with Gasteiger partial charge in [0.1, 0.15) is 0 Å². The van der Waals surface area contributed by atoms with Crippen LogP contribution in [0.2, 0.25) is 5.02 Å². The van der Waals surface area contributed by atoms with Crippen LogP contribution in [0.1, 0.15) is 28.1 Å². The number of ether oxygens (including phenoxy) is 1. The second kappa shape index (κ2) is 8.81. The molecule has 2 aromatic heterocycles. The van der Waals surface area contributed by atoms with Gasteiger partial charge >= 0.3 is 0 Å². The number of pyridine rings is 2. The van der Waals surface area contributed by atoms with E-state index in [0.717, 1.165) is 5.69 Å².